The summed E-state index contributed by atoms with van der Waals surface area (Å²) in [5.74, 6) is 0.185. The van der Waals surface area contributed by atoms with Crippen molar-refractivity contribution in [1.29, 1.82) is 0 Å². The largest absolute Gasteiger partial charge is 0.379 e. The van der Waals surface area contributed by atoms with E-state index in [0.29, 0.717) is 13.2 Å². The van der Waals surface area contributed by atoms with E-state index in [-0.39, 0.29) is 23.9 Å². The fourth-order valence-electron chi connectivity index (χ4n) is 3.44. The molecule has 0 aliphatic carbocycles. The molecule has 0 bridgehead atoms. The molecule has 1 amide bonds. The minimum absolute atomic E-state index is 0.0487. The number of pyridine rings is 1. The zero-order chi connectivity index (χ0) is 14.7. The van der Waals surface area contributed by atoms with Gasteiger partial charge in [-0.1, -0.05) is 6.92 Å². The van der Waals surface area contributed by atoms with E-state index in [2.05, 4.69) is 17.2 Å². The molecule has 1 aromatic heterocycles. The van der Waals surface area contributed by atoms with Crippen LogP contribution in [0.4, 0.5) is 0 Å². The van der Waals surface area contributed by atoms with Gasteiger partial charge in [-0.2, -0.15) is 0 Å². The molecule has 1 N–H and O–H groups in total. The first-order chi connectivity index (χ1) is 10.3. The summed E-state index contributed by atoms with van der Waals surface area (Å²) in [5.41, 5.74) is 1.19. The number of hydrogen-bond acceptors (Lipinski definition) is 4. The van der Waals surface area contributed by atoms with Gasteiger partial charge in [0.05, 0.1) is 25.2 Å². The van der Waals surface area contributed by atoms with Crippen molar-refractivity contribution in [3.63, 3.8) is 0 Å². The molecule has 2 fully saturated rings. The maximum atomic E-state index is 12.9. The Bertz CT molecular complexity index is 480. The Morgan fingerprint density at radius 3 is 3.00 bits per heavy atom. The Morgan fingerprint density at radius 1 is 1.43 bits per heavy atom. The number of ether oxygens (including phenoxy) is 1. The summed E-state index contributed by atoms with van der Waals surface area (Å²) in [5, 5.41) is 3.37. The molecule has 0 radical (unpaired) electrons. The molecule has 21 heavy (non-hydrogen) atoms. The Balaban J connectivity index is 1.74. The molecule has 2 saturated heterocycles. The second kappa shape index (κ2) is 6.54. The molecule has 0 spiro atoms. The number of rotatable bonds is 4. The minimum Gasteiger partial charge on any atom is -0.379 e. The highest BCUT2D eigenvalue weighted by Gasteiger charge is 2.40. The van der Waals surface area contributed by atoms with Crippen LogP contribution in [0.5, 0.6) is 0 Å². The standard InChI is InChI=1S/C16H23N3O2/c1-2-18-14-11-21-10-13(14)16(20)19-9-3-4-15(19)12-5-7-17-8-6-12/h5-8,13-15,18H,2-4,9-11H2,1H3. The number of nitrogens with zero attached hydrogens (tertiary/aromatic N) is 2. The fourth-order valence-corrected chi connectivity index (χ4v) is 3.44. The number of carbonyl (C=O) groups excluding carboxylic acids is 1. The van der Waals surface area contributed by atoms with Crippen molar-refractivity contribution in [2.45, 2.75) is 31.8 Å². The van der Waals surface area contributed by atoms with E-state index in [1.165, 1.54) is 5.56 Å². The van der Waals surface area contributed by atoms with Gasteiger partial charge in [0.1, 0.15) is 0 Å². The van der Waals surface area contributed by atoms with Crippen molar-refractivity contribution < 1.29 is 9.53 Å². The van der Waals surface area contributed by atoms with Crippen LogP contribution in [0.25, 0.3) is 0 Å². The van der Waals surface area contributed by atoms with E-state index in [1.807, 2.05) is 17.0 Å². The lowest BCUT2D eigenvalue weighted by molar-refractivity contribution is -0.137. The number of likely N-dealkylation sites (tertiary alicyclic amines) is 1. The summed E-state index contributed by atoms with van der Waals surface area (Å²) in [6, 6.07) is 4.39. The molecule has 5 heteroatoms. The molecule has 2 aliphatic rings. The number of amides is 1. The van der Waals surface area contributed by atoms with Crippen molar-refractivity contribution in [2.75, 3.05) is 26.3 Å². The van der Waals surface area contributed by atoms with E-state index in [9.17, 15) is 4.79 Å². The quantitative estimate of drug-likeness (QED) is 0.909. The van der Waals surface area contributed by atoms with Crippen molar-refractivity contribution in [3.05, 3.63) is 30.1 Å². The van der Waals surface area contributed by atoms with E-state index in [1.54, 1.807) is 12.4 Å². The second-order valence-corrected chi connectivity index (χ2v) is 5.78. The number of hydrogen-bond donors (Lipinski definition) is 1. The van der Waals surface area contributed by atoms with Crippen LogP contribution in [0, 0.1) is 5.92 Å². The van der Waals surface area contributed by atoms with Gasteiger partial charge in [-0.15, -0.1) is 0 Å². The van der Waals surface area contributed by atoms with Gasteiger partial charge in [0.2, 0.25) is 5.91 Å². The molecule has 114 valence electrons. The molecule has 3 atom stereocenters. The van der Waals surface area contributed by atoms with Crippen LogP contribution >= 0.6 is 0 Å². The average molecular weight is 289 g/mol. The lowest BCUT2D eigenvalue weighted by Crippen LogP contribution is -2.45. The van der Waals surface area contributed by atoms with E-state index >= 15 is 0 Å². The van der Waals surface area contributed by atoms with Crippen LogP contribution in [-0.2, 0) is 9.53 Å². The van der Waals surface area contributed by atoms with Gasteiger partial charge in [0, 0.05) is 25.0 Å². The molecule has 3 unspecified atom stereocenters. The molecule has 0 saturated carbocycles. The van der Waals surface area contributed by atoms with Gasteiger partial charge in [-0.25, -0.2) is 0 Å². The number of carbonyl (C=O) groups is 1. The van der Waals surface area contributed by atoms with Crippen LogP contribution in [0.1, 0.15) is 31.4 Å². The fraction of sp³-hybridized carbons (Fsp3) is 0.625. The average Bonchev–Trinajstić information content (AvgIpc) is 3.17. The van der Waals surface area contributed by atoms with Crippen LogP contribution in [-0.4, -0.2) is 48.1 Å². The monoisotopic (exact) mass is 289 g/mol. The smallest absolute Gasteiger partial charge is 0.230 e. The highest BCUT2D eigenvalue weighted by atomic mass is 16.5. The first-order valence-corrected chi connectivity index (χ1v) is 7.82. The third kappa shape index (κ3) is 2.94. The lowest BCUT2D eigenvalue weighted by Gasteiger charge is -2.29. The third-order valence-corrected chi connectivity index (χ3v) is 4.49. The first-order valence-electron chi connectivity index (χ1n) is 7.82. The summed E-state index contributed by atoms with van der Waals surface area (Å²) in [4.78, 5) is 19.0. The Kier molecular flexibility index (Phi) is 4.51. The van der Waals surface area contributed by atoms with Gasteiger partial charge >= 0.3 is 0 Å². The Hall–Kier alpha value is -1.46. The highest BCUT2D eigenvalue weighted by Crippen LogP contribution is 2.33. The maximum Gasteiger partial charge on any atom is 0.230 e. The van der Waals surface area contributed by atoms with Crippen LogP contribution < -0.4 is 5.32 Å². The van der Waals surface area contributed by atoms with Gasteiger partial charge in [0.25, 0.3) is 0 Å². The normalized spacial score (nSPS) is 29.0. The number of likely N-dealkylation sites (N-methyl/N-ethyl adjacent to an activating group) is 1. The summed E-state index contributed by atoms with van der Waals surface area (Å²) in [7, 11) is 0. The zero-order valence-corrected chi connectivity index (χ0v) is 12.5. The van der Waals surface area contributed by atoms with Crippen molar-refractivity contribution in [1.82, 2.24) is 15.2 Å². The van der Waals surface area contributed by atoms with Gasteiger partial charge in [0.15, 0.2) is 0 Å². The molecule has 5 nitrogen and oxygen atoms in total. The summed E-state index contributed by atoms with van der Waals surface area (Å²) >= 11 is 0. The topological polar surface area (TPSA) is 54.5 Å². The van der Waals surface area contributed by atoms with Gasteiger partial charge in [-0.05, 0) is 37.1 Å². The molecular formula is C16H23N3O2. The summed E-state index contributed by atoms with van der Waals surface area (Å²) < 4.78 is 5.52. The maximum absolute atomic E-state index is 12.9. The summed E-state index contributed by atoms with van der Waals surface area (Å²) in [6.45, 7) is 4.95. The zero-order valence-electron chi connectivity index (χ0n) is 12.5. The van der Waals surface area contributed by atoms with Crippen LogP contribution in [0.15, 0.2) is 24.5 Å². The first kappa shape index (κ1) is 14.5. The second-order valence-electron chi connectivity index (χ2n) is 5.78. The molecule has 1 aromatic rings. The molecule has 0 aromatic carbocycles. The molecule has 3 rings (SSSR count). The molecular weight excluding hydrogens is 266 g/mol. The minimum atomic E-state index is -0.0487. The molecule has 2 aliphatic heterocycles. The van der Waals surface area contributed by atoms with E-state index in [0.717, 1.165) is 25.9 Å². The Labute approximate surface area is 125 Å². The van der Waals surface area contributed by atoms with Crippen LogP contribution in [0.2, 0.25) is 0 Å². The SMILES string of the molecule is CCNC1COCC1C(=O)N1CCCC1c1ccncc1. The van der Waals surface area contributed by atoms with Crippen LogP contribution in [0.3, 0.4) is 0 Å². The van der Waals surface area contributed by atoms with E-state index in [4.69, 9.17) is 4.74 Å². The Morgan fingerprint density at radius 2 is 2.24 bits per heavy atom. The lowest BCUT2D eigenvalue weighted by atomic mass is 10.00. The van der Waals surface area contributed by atoms with Crippen molar-refractivity contribution >= 4 is 5.91 Å². The van der Waals surface area contributed by atoms with Crippen molar-refractivity contribution in [2.24, 2.45) is 5.92 Å². The van der Waals surface area contributed by atoms with Gasteiger partial charge in [-0.3, -0.25) is 9.78 Å². The third-order valence-electron chi connectivity index (χ3n) is 4.49. The highest BCUT2D eigenvalue weighted by molar-refractivity contribution is 5.81. The summed E-state index contributed by atoms with van der Waals surface area (Å²) in [6.07, 6.45) is 5.71. The molecule has 3 heterocycles. The van der Waals surface area contributed by atoms with E-state index < -0.39 is 0 Å². The number of aromatic nitrogens is 1. The van der Waals surface area contributed by atoms with Crippen molar-refractivity contribution in [3.8, 4) is 0 Å². The predicted molar refractivity (Wildman–Crippen MR) is 79.7 cm³/mol. The number of nitrogens with one attached hydrogen (secondary N) is 1. The van der Waals surface area contributed by atoms with Gasteiger partial charge < -0.3 is 15.0 Å². The predicted octanol–water partition coefficient (Wildman–Crippen LogP) is 1.37.